The normalized spacial score (nSPS) is 16.4. The topological polar surface area (TPSA) is 15.7 Å². The Balaban J connectivity index is 1.27. The molecule has 1 aromatic heterocycles. The molecule has 3 aliphatic rings. The molecule has 10 rings (SSSR count). The first-order chi connectivity index (χ1) is 28.8. The van der Waals surface area contributed by atoms with E-state index >= 15 is 0 Å². The van der Waals surface area contributed by atoms with Crippen LogP contribution in [0.1, 0.15) is 115 Å². The average molecular weight is 819 g/mol. The minimum Gasteiger partial charge on any atom is -0.453 e. The van der Waals surface area contributed by atoms with E-state index in [1.165, 1.54) is 89.1 Å². The van der Waals surface area contributed by atoms with E-state index < -0.39 is 0 Å². The van der Waals surface area contributed by atoms with E-state index in [4.69, 9.17) is 4.74 Å². The molecule has 0 unspecified atom stereocenters. The molecule has 6 aromatic carbocycles. The van der Waals surface area contributed by atoms with Crippen LogP contribution in [0.3, 0.4) is 0 Å². The maximum atomic E-state index is 6.51. The fraction of sp³-hybridized carbons (Fsp3) is 0.321. The zero-order valence-electron chi connectivity index (χ0n) is 38.2. The molecule has 1 aliphatic carbocycles. The molecule has 0 bridgehead atoms. The summed E-state index contributed by atoms with van der Waals surface area (Å²) in [5.74, 6) is 1.72. The summed E-state index contributed by atoms with van der Waals surface area (Å²) in [7, 11) is 0. The predicted octanol–water partition coefficient (Wildman–Crippen LogP) is 14.3. The highest BCUT2D eigenvalue weighted by atomic mass is 32.1. The SMILES string of the molecule is Cc1cc(N2c3ccccc3Oc3ccccc32)cc2c1B(c1sc3cc4c(cc3c1C)C(C)(C)CCC4(C)C)c1cc(C(C)(C)C)ccc1N2c1ccc(C(C)(C)C)cc1. The van der Waals surface area contributed by atoms with Crippen LogP contribution in [0.2, 0.25) is 0 Å². The molecule has 308 valence electrons. The molecule has 3 nitrogen and oxygen atoms in total. The molecule has 0 spiro atoms. The van der Waals surface area contributed by atoms with E-state index in [0.29, 0.717) is 0 Å². The van der Waals surface area contributed by atoms with Crippen molar-refractivity contribution in [2.75, 3.05) is 9.80 Å². The maximum Gasteiger partial charge on any atom is 0.259 e. The molecule has 0 fully saturated rings. The van der Waals surface area contributed by atoms with Gasteiger partial charge in [0.05, 0.1) is 11.4 Å². The smallest absolute Gasteiger partial charge is 0.259 e. The summed E-state index contributed by atoms with van der Waals surface area (Å²) in [6.07, 6.45) is 2.42. The van der Waals surface area contributed by atoms with Crippen LogP contribution in [0, 0.1) is 13.8 Å². The van der Waals surface area contributed by atoms with E-state index in [-0.39, 0.29) is 28.4 Å². The van der Waals surface area contributed by atoms with Crippen molar-refractivity contribution in [3.63, 3.8) is 0 Å². The summed E-state index contributed by atoms with van der Waals surface area (Å²) in [4.78, 5) is 4.95. The van der Waals surface area contributed by atoms with Gasteiger partial charge in [-0.3, -0.25) is 0 Å². The number of benzene rings is 6. The third kappa shape index (κ3) is 6.36. The second kappa shape index (κ2) is 13.6. The first kappa shape index (κ1) is 39.9. The summed E-state index contributed by atoms with van der Waals surface area (Å²) in [5.41, 5.74) is 18.3. The van der Waals surface area contributed by atoms with Crippen LogP contribution in [0.25, 0.3) is 10.1 Å². The lowest BCUT2D eigenvalue weighted by atomic mass is 9.36. The highest BCUT2D eigenvalue weighted by Gasteiger charge is 2.42. The van der Waals surface area contributed by atoms with E-state index in [2.05, 4.69) is 208 Å². The van der Waals surface area contributed by atoms with Gasteiger partial charge in [0.1, 0.15) is 0 Å². The largest absolute Gasteiger partial charge is 0.453 e. The Labute approximate surface area is 368 Å². The molecular formula is C56H59BN2OS. The van der Waals surface area contributed by atoms with Gasteiger partial charge in [-0.1, -0.05) is 123 Å². The van der Waals surface area contributed by atoms with Crippen LogP contribution >= 0.6 is 11.3 Å². The summed E-state index contributed by atoms with van der Waals surface area (Å²) < 4.78 is 9.37. The molecule has 0 saturated heterocycles. The Kier molecular flexibility index (Phi) is 8.90. The number of nitrogens with zero attached hydrogens (tertiary/aromatic N) is 2. The summed E-state index contributed by atoms with van der Waals surface area (Å²) in [6, 6.07) is 43.6. The van der Waals surface area contributed by atoms with Crippen LogP contribution in [0.5, 0.6) is 11.5 Å². The number of anilines is 6. The van der Waals surface area contributed by atoms with E-state index in [9.17, 15) is 0 Å². The highest BCUT2D eigenvalue weighted by molar-refractivity contribution is 7.32. The van der Waals surface area contributed by atoms with Crippen molar-refractivity contribution < 1.29 is 4.74 Å². The molecule has 3 heterocycles. The van der Waals surface area contributed by atoms with Gasteiger partial charge in [0, 0.05) is 27.4 Å². The molecule has 5 heteroatoms. The number of hydrogen-bond donors (Lipinski definition) is 0. The second-order valence-electron chi connectivity index (χ2n) is 21.4. The van der Waals surface area contributed by atoms with Crippen molar-refractivity contribution in [3.05, 3.63) is 149 Å². The van der Waals surface area contributed by atoms with Gasteiger partial charge >= 0.3 is 0 Å². The Morgan fingerprint density at radius 1 is 0.574 bits per heavy atom. The first-order valence-corrected chi connectivity index (χ1v) is 23.1. The molecule has 2 aliphatic heterocycles. The Morgan fingerprint density at radius 2 is 1.13 bits per heavy atom. The van der Waals surface area contributed by atoms with Crippen LogP contribution in [-0.4, -0.2) is 6.71 Å². The maximum absolute atomic E-state index is 6.51. The molecular weight excluding hydrogens is 760 g/mol. The van der Waals surface area contributed by atoms with Crippen LogP contribution in [0.4, 0.5) is 34.1 Å². The summed E-state index contributed by atoms with van der Waals surface area (Å²) in [5, 5.41) is 1.41. The van der Waals surface area contributed by atoms with Gasteiger partial charge in [0.2, 0.25) is 0 Å². The van der Waals surface area contributed by atoms with Crippen LogP contribution < -0.4 is 30.2 Å². The lowest BCUT2D eigenvalue weighted by molar-refractivity contribution is 0.332. The third-order valence-electron chi connectivity index (χ3n) is 14.2. The number of fused-ring (bicyclic) bond motifs is 6. The van der Waals surface area contributed by atoms with E-state index in [1.54, 1.807) is 0 Å². The van der Waals surface area contributed by atoms with Crippen molar-refractivity contribution in [1.82, 2.24) is 0 Å². The molecule has 61 heavy (non-hydrogen) atoms. The molecule has 0 radical (unpaired) electrons. The first-order valence-electron chi connectivity index (χ1n) is 22.3. The summed E-state index contributed by atoms with van der Waals surface area (Å²) >= 11 is 2.02. The highest BCUT2D eigenvalue weighted by Crippen LogP contribution is 2.52. The van der Waals surface area contributed by atoms with Crippen LogP contribution in [-0.2, 0) is 21.7 Å². The molecule has 0 saturated carbocycles. The van der Waals surface area contributed by atoms with Gasteiger partial charge in [-0.25, -0.2) is 0 Å². The number of ether oxygens (including phenoxy) is 1. The lowest BCUT2D eigenvalue weighted by Crippen LogP contribution is -2.58. The van der Waals surface area contributed by atoms with Gasteiger partial charge in [-0.15, -0.1) is 11.3 Å². The van der Waals surface area contributed by atoms with Gasteiger partial charge in [0.15, 0.2) is 11.5 Å². The molecule has 0 atom stereocenters. The lowest BCUT2D eigenvalue weighted by Gasteiger charge is -2.41. The zero-order chi connectivity index (χ0) is 43.0. The zero-order valence-corrected chi connectivity index (χ0v) is 39.0. The number of hydrogen-bond acceptors (Lipinski definition) is 4. The van der Waals surface area contributed by atoms with Crippen molar-refractivity contribution in [1.29, 1.82) is 0 Å². The van der Waals surface area contributed by atoms with Gasteiger partial charge in [-0.05, 0) is 164 Å². The van der Waals surface area contributed by atoms with E-state index in [0.717, 1.165) is 28.6 Å². The van der Waals surface area contributed by atoms with E-state index in [1.807, 2.05) is 11.3 Å². The minimum absolute atomic E-state index is 0.0134. The Morgan fingerprint density at radius 3 is 1.74 bits per heavy atom. The molecule has 0 amide bonds. The second-order valence-corrected chi connectivity index (χ2v) is 22.5. The minimum atomic E-state index is -0.0134. The van der Waals surface area contributed by atoms with Crippen molar-refractivity contribution in [2.24, 2.45) is 0 Å². The molecule has 0 N–H and O–H groups in total. The Hall–Kier alpha value is -5.26. The van der Waals surface area contributed by atoms with Gasteiger partial charge in [-0.2, -0.15) is 0 Å². The van der Waals surface area contributed by atoms with Gasteiger partial charge < -0.3 is 14.5 Å². The van der Waals surface area contributed by atoms with Crippen LogP contribution in [0.15, 0.2) is 115 Å². The standard InChI is InChI=1S/C56H59BN2OS/c1-34-29-39(59-45-17-13-15-19-48(45)60-49-20-16-14-18-46(49)59)31-47-51(34)57(52-35(2)40-32-41-42(33-50(40)61-52)56(11,12)28-27-55(41,9)10)43-30-37(54(6,7)8)23-26-44(43)58(47)38-24-21-36(22-25-38)53(3,4)5/h13-26,29-33H,27-28H2,1-12H3. The number of aryl methyl sites for hydroxylation is 2. The predicted molar refractivity (Wildman–Crippen MR) is 265 cm³/mol. The monoisotopic (exact) mass is 818 g/mol. The average Bonchev–Trinajstić information content (AvgIpc) is 3.54. The Bertz CT molecular complexity index is 2860. The fourth-order valence-corrected chi connectivity index (χ4v) is 11.8. The molecule has 7 aromatic rings. The quantitative estimate of drug-likeness (QED) is 0.165. The number of para-hydroxylation sites is 4. The van der Waals surface area contributed by atoms with Crippen molar-refractivity contribution >= 4 is 78.0 Å². The van der Waals surface area contributed by atoms with Crippen molar-refractivity contribution in [2.45, 2.75) is 118 Å². The fourth-order valence-electron chi connectivity index (χ4n) is 10.4. The van der Waals surface area contributed by atoms with Gasteiger partial charge in [0.25, 0.3) is 6.71 Å². The number of thiophene rings is 1. The van der Waals surface area contributed by atoms with Crippen molar-refractivity contribution in [3.8, 4) is 11.5 Å². The third-order valence-corrected chi connectivity index (χ3v) is 15.5. The summed E-state index contributed by atoms with van der Waals surface area (Å²) in [6.45, 7) is 28.5. The number of rotatable bonds is 3.